The molecular formula is C12H20BrN3S. The Morgan fingerprint density at radius 2 is 2.35 bits per heavy atom. The van der Waals surface area contributed by atoms with Gasteiger partial charge >= 0.3 is 0 Å². The summed E-state index contributed by atoms with van der Waals surface area (Å²) in [6.45, 7) is 4.36. The molecule has 2 atom stereocenters. The van der Waals surface area contributed by atoms with Crippen LogP contribution in [0.2, 0.25) is 0 Å². The Labute approximate surface area is 116 Å². The van der Waals surface area contributed by atoms with Crippen LogP contribution in [0.25, 0.3) is 0 Å². The molecule has 0 saturated carbocycles. The minimum absolute atomic E-state index is 0.391. The van der Waals surface area contributed by atoms with Gasteiger partial charge in [-0.1, -0.05) is 0 Å². The largest absolute Gasteiger partial charge is 0.311 e. The minimum atomic E-state index is 0.391. The highest BCUT2D eigenvalue weighted by Gasteiger charge is 2.30. The summed E-state index contributed by atoms with van der Waals surface area (Å²) in [5.41, 5.74) is 1.29. The average molecular weight is 318 g/mol. The SMILES string of the molecule is CNC(c1c(Br)cnn1C(C)C)C1CCCS1. The normalized spacial score (nSPS) is 22.3. The second-order valence-corrected chi connectivity index (χ2v) is 6.94. The summed E-state index contributed by atoms with van der Waals surface area (Å²) in [6.07, 6.45) is 4.55. The lowest BCUT2D eigenvalue weighted by atomic mass is 10.1. The molecule has 1 fully saturated rings. The number of nitrogens with one attached hydrogen (secondary N) is 1. The molecule has 1 saturated heterocycles. The monoisotopic (exact) mass is 317 g/mol. The molecule has 0 radical (unpaired) electrons. The zero-order valence-electron chi connectivity index (χ0n) is 10.6. The maximum Gasteiger partial charge on any atom is 0.0709 e. The fourth-order valence-electron chi connectivity index (χ4n) is 2.42. The third-order valence-corrected chi connectivity index (χ3v) is 5.29. The molecule has 1 aliphatic heterocycles. The third-order valence-electron chi connectivity index (χ3n) is 3.22. The second kappa shape index (κ2) is 5.76. The lowest BCUT2D eigenvalue weighted by molar-refractivity contribution is 0.448. The third kappa shape index (κ3) is 2.71. The highest BCUT2D eigenvalue weighted by atomic mass is 79.9. The predicted octanol–water partition coefficient (Wildman–Crippen LogP) is 3.38. The first-order valence-electron chi connectivity index (χ1n) is 6.17. The number of rotatable bonds is 4. The smallest absolute Gasteiger partial charge is 0.0709 e. The van der Waals surface area contributed by atoms with Crippen molar-refractivity contribution in [2.75, 3.05) is 12.8 Å². The maximum atomic E-state index is 4.48. The number of hydrogen-bond acceptors (Lipinski definition) is 3. The van der Waals surface area contributed by atoms with Crippen LogP contribution in [0.1, 0.15) is 44.5 Å². The molecule has 0 bridgehead atoms. The highest BCUT2D eigenvalue weighted by molar-refractivity contribution is 9.10. The van der Waals surface area contributed by atoms with E-state index in [1.54, 1.807) is 0 Å². The first kappa shape index (κ1) is 13.4. The zero-order valence-corrected chi connectivity index (χ0v) is 13.0. The summed E-state index contributed by atoms with van der Waals surface area (Å²) in [7, 11) is 2.05. The van der Waals surface area contributed by atoms with Gasteiger partial charge in [-0.3, -0.25) is 4.68 Å². The lowest BCUT2D eigenvalue weighted by Gasteiger charge is -2.25. The lowest BCUT2D eigenvalue weighted by Crippen LogP contribution is -2.29. The van der Waals surface area contributed by atoms with Crippen molar-refractivity contribution in [2.24, 2.45) is 0 Å². The Morgan fingerprint density at radius 3 is 2.88 bits per heavy atom. The topological polar surface area (TPSA) is 29.9 Å². The van der Waals surface area contributed by atoms with Crippen molar-refractivity contribution in [1.29, 1.82) is 0 Å². The summed E-state index contributed by atoms with van der Waals surface area (Å²) in [6, 6.07) is 0.792. The molecule has 0 aromatic carbocycles. The van der Waals surface area contributed by atoms with Crippen molar-refractivity contribution in [3.63, 3.8) is 0 Å². The Hall–Kier alpha value is -0.000000000000000111. The molecule has 1 aliphatic rings. The molecule has 2 rings (SSSR count). The Bertz CT molecular complexity index is 372. The van der Waals surface area contributed by atoms with Crippen LogP contribution in [0, 0.1) is 0 Å². The molecule has 3 nitrogen and oxygen atoms in total. The zero-order chi connectivity index (χ0) is 12.4. The van der Waals surface area contributed by atoms with Crippen molar-refractivity contribution in [2.45, 2.75) is 44.0 Å². The summed E-state index contributed by atoms with van der Waals surface area (Å²) in [5.74, 6) is 1.29. The first-order chi connectivity index (χ1) is 8.15. The molecule has 96 valence electrons. The van der Waals surface area contributed by atoms with Crippen LogP contribution in [0.4, 0.5) is 0 Å². The molecule has 0 spiro atoms. The molecule has 1 aromatic heterocycles. The van der Waals surface area contributed by atoms with Gasteiger partial charge in [-0.15, -0.1) is 0 Å². The minimum Gasteiger partial charge on any atom is -0.311 e. The highest BCUT2D eigenvalue weighted by Crippen LogP contribution is 2.38. The van der Waals surface area contributed by atoms with Gasteiger partial charge in [-0.25, -0.2) is 0 Å². The Morgan fingerprint density at radius 1 is 1.59 bits per heavy atom. The van der Waals surface area contributed by atoms with Gasteiger partial charge in [0.05, 0.1) is 22.4 Å². The fraction of sp³-hybridized carbons (Fsp3) is 0.750. The van der Waals surface area contributed by atoms with E-state index in [-0.39, 0.29) is 0 Å². The van der Waals surface area contributed by atoms with Crippen LogP contribution in [0.3, 0.4) is 0 Å². The predicted molar refractivity (Wildman–Crippen MR) is 77.6 cm³/mol. The molecule has 17 heavy (non-hydrogen) atoms. The van der Waals surface area contributed by atoms with Gasteiger partial charge in [0.25, 0.3) is 0 Å². The van der Waals surface area contributed by atoms with Crippen molar-refractivity contribution in [3.8, 4) is 0 Å². The van der Waals surface area contributed by atoms with Crippen LogP contribution in [0.15, 0.2) is 10.7 Å². The number of aromatic nitrogens is 2. The van der Waals surface area contributed by atoms with E-state index >= 15 is 0 Å². The summed E-state index contributed by atoms with van der Waals surface area (Å²) in [4.78, 5) is 0. The standard InChI is InChI=1S/C12H20BrN3S/c1-8(2)16-12(9(13)7-15-16)11(14-3)10-5-4-6-17-10/h7-8,10-11,14H,4-6H2,1-3H3. The molecule has 1 N–H and O–H groups in total. The molecule has 1 aromatic rings. The first-order valence-corrected chi connectivity index (χ1v) is 8.01. The van der Waals surface area contributed by atoms with Gasteiger partial charge in [0.1, 0.15) is 0 Å². The van der Waals surface area contributed by atoms with E-state index in [1.165, 1.54) is 24.3 Å². The fourth-order valence-corrected chi connectivity index (χ4v) is 4.36. The van der Waals surface area contributed by atoms with Crippen LogP contribution in [0.5, 0.6) is 0 Å². The number of nitrogens with zero attached hydrogens (tertiary/aromatic N) is 2. The van der Waals surface area contributed by atoms with Crippen molar-refractivity contribution in [1.82, 2.24) is 15.1 Å². The van der Waals surface area contributed by atoms with Gasteiger partial charge in [0.15, 0.2) is 0 Å². The van der Waals surface area contributed by atoms with E-state index < -0.39 is 0 Å². The van der Waals surface area contributed by atoms with E-state index in [9.17, 15) is 0 Å². The van der Waals surface area contributed by atoms with Crippen molar-refractivity contribution >= 4 is 27.7 Å². The quantitative estimate of drug-likeness (QED) is 0.923. The maximum absolute atomic E-state index is 4.48. The Kier molecular flexibility index (Phi) is 4.55. The molecule has 0 aliphatic carbocycles. The summed E-state index contributed by atoms with van der Waals surface area (Å²) >= 11 is 5.72. The number of hydrogen-bond donors (Lipinski definition) is 1. The van der Waals surface area contributed by atoms with Gasteiger partial charge in [0, 0.05) is 11.3 Å². The van der Waals surface area contributed by atoms with E-state index in [4.69, 9.17) is 0 Å². The average Bonchev–Trinajstić information content (AvgIpc) is 2.91. The molecule has 0 amide bonds. The van der Waals surface area contributed by atoms with E-state index in [1.807, 2.05) is 13.2 Å². The van der Waals surface area contributed by atoms with Gasteiger partial charge in [-0.05, 0) is 55.4 Å². The van der Waals surface area contributed by atoms with Gasteiger partial charge in [-0.2, -0.15) is 16.9 Å². The van der Waals surface area contributed by atoms with Gasteiger partial charge in [0.2, 0.25) is 0 Å². The van der Waals surface area contributed by atoms with Crippen LogP contribution in [-0.2, 0) is 0 Å². The number of halogens is 1. The summed E-state index contributed by atoms with van der Waals surface area (Å²) in [5, 5.41) is 8.62. The molecule has 5 heteroatoms. The van der Waals surface area contributed by atoms with Crippen LogP contribution >= 0.6 is 27.7 Å². The number of thioether (sulfide) groups is 1. The van der Waals surface area contributed by atoms with Crippen LogP contribution < -0.4 is 5.32 Å². The van der Waals surface area contributed by atoms with Crippen LogP contribution in [-0.4, -0.2) is 27.8 Å². The van der Waals surface area contributed by atoms with Crippen molar-refractivity contribution in [3.05, 3.63) is 16.4 Å². The van der Waals surface area contributed by atoms with Crippen molar-refractivity contribution < 1.29 is 0 Å². The second-order valence-electron chi connectivity index (χ2n) is 4.73. The van der Waals surface area contributed by atoms with E-state index in [0.717, 1.165) is 4.47 Å². The Balaban J connectivity index is 2.32. The summed E-state index contributed by atoms with van der Waals surface area (Å²) < 4.78 is 3.25. The van der Waals surface area contributed by atoms with E-state index in [0.29, 0.717) is 17.3 Å². The van der Waals surface area contributed by atoms with E-state index in [2.05, 4.69) is 56.6 Å². The molecule has 2 unspecified atom stereocenters. The molecular weight excluding hydrogens is 298 g/mol. The molecule has 2 heterocycles. The van der Waals surface area contributed by atoms with Gasteiger partial charge < -0.3 is 5.32 Å².